The van der Waals surface area contributed by atoms with Gasteiger partial charge in [-0.3, -0.25) is 9.59 Å². The van der Waals surface area contributed by atoms with Crippen molar-refractivity contribution in [1.82, 2.24) is 0 Å². The van der Waals surface area contributed by atoms with E-state index in [9.17, 15) is 14.9 Å². The molecule has 2 aliphatic heterocycles. The number of hydrogen-bond donors (Lipinski definition) is 2. The second kappa shape index (κ2) is 5.45. The number of allylic oxidation sites excluding steroid dienone is 1. The van der Waals surface area contributed by atoms with E-state index in [1.165, 1.54) is 0 Å². The largest absolute Gasteiger partial charge is 0.444 e. The van der Waals surface area contributed by atoms with Gasteiger partial charge in [0.05, 0.1) is 5.57 Å². The van der Waals surface area contributed by atoms with E-state index in [-0.39, 0.29) is 28.7 Å². The summed E-state index contributed by atoms with van der Waals surface area (Å²) in [5.41, 5.74) is 6.73. The number of nitrogens with two attached hydrogens (primary N) is 1. The Kier molecular flexibility index (Phi) is 3.53. The molecule has 1 aromatic carbocycles. The Balaban J connectivity index is 2.11. The van der Waals surface area contributed by atoms with Crippen LogP contribution in [0.3, 0.4) is 0 Å². The van der Waals surface area contributed by atoms with Gasteiger partial charge in [-0.05, 0) is 24.5 Å². The molecule has 3 N–H and O–H groups in total. The molecular formula is C19H16BrN3O3. The number of nitrogens with one attached hydrogen (secondary N) is 1. The average Bonchev–Trinajstić information content (AvgIpc) is 2.80. The molecule has 0 saturated heterocycles. The van der Waals surface area contributed by atoms with E-state index in [1.807, 2.05) is 26.0 Å². The highest BCUT2D eigenvalue weighted by molar-refractivity contribution is 9.10. The first kappa shape index (κ1) is 16.9. The van der Waals surface area contributed by atoms with Gasteiger partial charge < -0.3 is 15.8 Å². The number of Topliss-reactive ketones (excluding diaryl/α,β-unsaturated/α-hetero) is 1. The van der Waals surface area contributed by atoms with Crippen LogP contribution in [-0.4, -0.2) is 11.7 Å². The number of rotatable bonds is 0. The lowest BCUT2D eigenvalue weighted by Gasteiger charge is -2.38. The Morgan fingerprint density at radius 1 is 1.38 bits per heavy atom. The first-order valence-corrected chi connectivity index (χ1v) is 9.07. The first-order chi connectivity index (χ1) is 12.3. The van der Waals surface area contributed by atoms with Crippen LogP contribution in [0.15, 0.2) is 39.4 Å². The molecule has 1 aliphatic carbocycles. The van der Waals surface area contributed by atoms with Gasteiger partial charge in [-0.15, -0.1) is 0 Å². The van der Waals surface area contributed by atoms with Crippen LogP contribution in [0.4, 0.5) is 5.69 Å². The fourth-order valence-corrected chi connectivity index (χ4v) is 4.48. The number of anilines is 1. The fourth-order valence-electron chi connectivity index (χ4n) is 4.14. The number of nitrogens with zero attached hydrogens (tertiary/aromatic N) is 1. The molecule has 7 heteroatoms. The van der Waals surface area contributed by atoms with E-state index in [0.29, 0.717) is 29.9 Å². The van der Waals surface area contributed by atoms with E-state index in [4.69, 9.17) is 10.5 Å². The monoisotopic (exact) mass is 413 g/mol. The summed E-state index contributed by atoms with van der Waals surface area (Å²) in [5.74, 6) is -0.248. The van der Waals surface area contributed by atoms with Gasteiger partial charge in [0, 0.05) is 28.6 Å². The van der Waals surface area contributed by atoms with Crippen molar-refractivity contribution in [2.75, 3.05) is 5.32 Å². The van der Waals surface area contributed by atoms with Crippen molar-refractivity contribution in [3.8, 4) is 6.07 Å². The zero-order valence-corrected chi connectivity index (χ0v) is 15.9. The maximum atomic E-state index is 13.2. The molecule has 3 aliphatic rings. The van der Waals surface area contributed by atoms with E-state index < -0.39 is 11.3 Å². The standard InChI is InChI=1S/C19H16BrN3O3/c1-8-3-14(24)16-15(4-8)26-17(22)11(7-21)19(16)10-5-9(2)12(20)6-13(10)23-18(19)25/h5-6,8H,3-4,22H2,1-2H3,(H,23,25)/t8-,19+/m1/s1. The lowest BCUT2D eigenvalue weighted by atomic mass is 9.64. The predicted molar refractivity (Wildman–Crippen MR) is 97.5 cm³/mol. The van der Waals surface area contributed by atoms with Crippen LogP contribution < -0.4 is 11.1 Å². The molecule has 2 heterocycles. The predicted octanol–water partition coefficient (Wildman–Crippen LogP) is 2.92. The number of benzene rings is 1. The van der Waals surface area contributed by atoms with Gasteiger partial charge in [-0.2, -0.15) is 5.26 Å². The topological polar surface area (TPSA) is 105 Å². The molecule has 1 aromatic rings. The van der Waals surface area contributed by atoms with Crippen LogP contribution in [-0.2, 0) is 19.7 Å². The summed E-state index contributed by atoms with van der Waals surface area (Å²) in [4.78, 5) is 26.2. The Hall–Kier alpha value is -2.59. The molecule has 0 bridgehead atoms. The Bertz CT molecular complexity index is 1000. The highest BCUT2D eigenvalue weighted by Gasteiger charge is 2.60. The van der Waals surface area contributed by atoms with Crippen LogP contribution in [0.1, 0.15) is 30.9 Å². The SMILES string of the molecule is Cc1cc2c(cc1Br)NC(=O)[C@]21C(C#N)=C(N)OC2=C1C(=O)C[C@@H](C)C2. The first-order valence-electron chi connectivity index (χ1n) is 8.27. The molecule has 0 aromatic heterocycles. The number of nitriles is 1. The molecule has 6 nitrogen and oxygen atoms in total. The van der Waals surface area contributed by atoms with Gasteiger partial charge in [-0.25, -0.2) is 0 Å². The maximum absolute atomic E-state index is 13.2. The minimum absolute atomic E-state index is 0.0304. The summed E-state index contributed by atoms with van der Waals surface area (Å²) in [7, 11) is 0. The van der Waals surface area contributed by atoms with Crippen molar-refractivity contribution in [2.45, 2.75) is 32.1 Å². The molecule has 26 heavy (non-hydrogen) atoms. The number of carbonyl (C=O) groups is 2. The highest BCUT2D eigenvalue weighted by Crippen LogP contribution is 2.54. The number of fused-ring (bicyclic) bond motifs is 3. The molecule has 2 atom stereocenters. The van der Waals surface area contributed by atoms with Gasteiger partial charge in [0.2, 0.25) is 11.8 Å². The third-order valence-corrected chi connectivity index (χ3v) is 6.11. The van der Waals surface area contributed by atoms with Crippen LogP contribution in [0.2, 0.25) is 0 Å². The zero-order chi connectivity index (χ0) is 18.8. The van der Waals surface area contributed by atoms with Gasteiger partial charge >= 0.3 is 0 Å². The minimum Gasteiger partial charge on any atom is -0.444 e. The maximum Gasteiger partial charge on any atom is 0.245 e. The van der Waals surface area contributed by atoms with Crippen LogP contribution in [0, 0.1) is 24.2 Å². The van der Waals surface area contributed by atoms with Crippen LogP contribution in [0.25, 0.3) is 0 Å². The molecule has 1 amide bonds. The van der Waals surface area contributed by atoms with Crippen molar-refractivity contribution in [3.63, 3.8) is 0 Å². The Morgan fingerprint density at radius 2 is 2.12 bits per heavy atom. The Morgan fingerprint density at radius 3 is 2.81 bits per heavy atom. The van der Waals surface area contributed by atoms with Crippen molar-refractivity contribution in [3.05, 3.63) is 50.5 Å². The van der Waals surface area contributed by atoms with E-state index in [0.717, 1.165) is 10.0 Å². The summed E-state index contributed by atoms with van der Waals surface area (Å²) < 4.78 is 6.47. The van der Waals surface area contributed by atoms with Crippen molar-refractivity contribution >= 4 is 33.3 Å². The average molecular weight is 414 g/mol. The number of ketones is 1. The molecule has 1 spiro atoms. The van der Waals surface area contributed by atoms with E-state index in [2.05, 4.69) is 21.2 Å². The highest BCUT2D eigenvalue weighted by atomic mass is 79.9. The zero-order valence-electron chi connectivity index (χ0n) is 14.3. The Labute approximate surface area is 158 Å². The number of amides is 1. The van der Waals surface area contributed by atoms with Gasteiger partial charge in [0.25, 0.3) is 0 Å². The van der Waals surface area contributed by atoms with Gasteiger partial charge in [0.1, 0.15) is 22.8 Å². The summed E-state index contributed by atoms with van der Waals surface area (Å²) in [5, 5.41) is 12.6. The van der Waals surface area contributed by atoms with Crippen molar-refractivity contribution in [2.24, 2.45) is 11.7 Å². The quantitative estimate of drug-likeness (QED) is 0.679. The van der Waals surface area contributed by atoms with Gasteiger partial charge in [0.15, 0.2) is 5.78 Å². The second-order valence-electron chi connectivity index (χ2n) is 7.04. The third-order valence-electron chi connectivity index (χ3n) is 5.26. The number of aryl methyl sites for hydroxylation is 1. The second-order valence-corrected chi connectivity index (χ2v) is 7.89. The van der Waals surface area contributed by atoms with E-state index in [1.54, 1.807) is 6.07 Å². The van der Waals surface area contributed by atoms with Crippen LogP contribution in [0.5, 0.6) is 0 Å². The summed E-state index contributed by atoms with van der Waals surface area (Å²) >= 11 is 3.46. The number of carbonyl (C=O) groups excluding carboxylic acids is 2. The lowest BCUT2D eigenvalue weighted by molar-refractivity contribution is -0.123. The molecule has 0 fully saturated rings. The molecule has 0 unspecified atom stereocenters. The summed E-state index contributed by atoms with van der Waals surface area (Å²) in [6.45, 7) is 3.83. The molecule has 0 radical (unpaired) electrons. The van der Waals surface area contributed by atoms with E-state index >= 15 is 0 Å². The molecular weight excluding hydrogens is 398 g/mol. The summed E-state index contributed by atoms with van der Waals surface area (Å²) in [6.07, 6.45) is 0.807. The minimum atomic E-state index is -1.54. The van der Waals surface area contributed by atoms with Crippen molar-refractivity contribution < 1.29 is 14.3 Å². The normalized spacial score (nSPS) is 27.1. The number of hydrogen-bond acceptors (Lipinski definition) is 5. The lowest BCUT2D eigenvalue weighted by Crippen LogP contribution is -2.47. The van der Waals surface area contributed by atoms with Crippen molar-refractivity contribution in [1.29, 1.82) is 5.26 Å². The fraction of sp³-hybridized carbons (Fsp3) is 0.316. The summed E-state index contributed by atoms with van der Waals surface area (Å²) in [6, 6.07) is 5.64. The number of halogens is 1. The third kappa shape index (κ3) is 1.96. The molecule has 4 rings (SSSR count). The van der Waals surface area contributed by atoms with Crippen LogP contribution >= 0.6 is 15.9 Å². The van der Waals surface area contributed by atoms with Gasteiger partial charge in [-0.1, -0.05) is 28.9 Å². The molecule has 132 valence electrons. The molecule has 0 saturated carbocycles. The number of ether oxygens (including phenoxy) is 1. The smallest absolute Gasteiger partial charge is 0.245 e.